The largest absolute Gasteiger partial charge is 0.497 e. The highest BCUT2D eigenvalue weighted by molar-refractivity contribution is 7.93. The fourth-order valence-corrected chi connectivity index (χ4v) is 6.44. The third kappa shape index (κ3) is 5.08. The standard InChI is InChI=1S/C23H21F3N2O5S2/c1-33-19-8-10-20(11-9-19)35(31,32)28-13-3-4-16-14-18(7-12-22(16)28)27-34(29,30)21-6-2-5-17(15-21)23(24,25)26/h2,5-12,14-15,27H,3-4,13H2,1H3. The van der Waals surface area contributed by atoms with E-state index < -0.39 is 36.7 Å². The summed E-state index contributed by atoms with van der Waals surface area (Å²) < 4.78 is 99.5. The van der Waals surface area contributed by atoms with Crippen molar-refractivity contribution in [1.82, 2.24) is 0 Å². The predicted molar refractivity (Wildman–Crippen MR) is 125 cm³/mol. The molecule has 3 aromatic rings. The summed E-state index contributed by atoms with van der Waals surface area (Å²) in [4.78, 5) is -0.450. The molecule has 0 radical (unpaired) electrons. The molecular formula is C23H21F3N2O5S2. The number of halogens is 3. The molecule has 0 fully saturated rings. The van der Waals surface area contributed by atoms with Crippen LogP contribution in [0.15, 0.2) is 76.5 Å². The van der Waals surface area contributed by atoms with Crippen LogP contribution in [0.5, 0.6) is 5.75 Å². The Labute approximate surface area is 201 Å². The van der Waals surface area contributed by atoms with E-state index in [0.717, 1.165) is 18.2 Å². The van der Waals surface area contributed by atoms with Crippen molar-refractivity contribution in [2.24, 2.45) is 0 Å². The summed E-state index contributed by atoms with van der Waals surface area (Å²) >= 11 is 0. The van der Waals surface area contributed by atoms with Gasteiger partial charge in [0.2, 0.25) is 0 Å². The molecule has 0 bridgehead atoms. The number of hydrogen-bond acceptors (Lipinski definition) is 5. The Hall–Kier alpha value is -3.25. The van der Waals surface area contributed by atoms with Gasteiger partial charge in [0.25, 0.3) is 20.0 Å². The Kier molecular flexibility index (Phi) is 6.45. The van der Waals surface area contributed by atoms with Gasteiger partial charge in [0.15, 0.2) is 0 Å². The second-order valence-corrected chi connectivity index (χ2v) is 11.4. The number of aryl methyl sites for hydroxylation is 1. The second-order valence-electron chi connectivity index (χ2n) is 7.83. The molecule has 1 aliphatic heterocycles. The highest BCUT2D eigenvalue weighted by Gasteiger charge is 2.32. The topological polar surface area (TPSA) is 92.8 Å². The number of ether oxygens (including phenoxy) is 1. The molecule has 1 aliphatic rings. The Morgan fingerprint density at radius 3 is 2.29 bits per heavy atom. The summed E-state index contributed by atoms with van der Waals surface area (Å²) in [6.07, 6.45) is -3.68. The van der Waals surface area contributed by atoms with Crippen LogP contribution in [-0.2, 0) is 32.6 Å². The molecule has 0 amide bonds. The number of benzene rings is 3. The first-order chi connectivity index (χ1) is 16.4. The molecule has 1 heterocycles. The zero-order chi connectivity index (χ0) is 25.4. The minimum atomic E-state index is -4.68. The van der Waals surface area contributed by atoms with E-state index in [0.29, 0.717) is 35.9 Å². The number of hydrogen-bond donors (Lipinski definition) is 1. The van der Waals surface area contributed by atoms with Crippen LogP contribution in [0, 0.1) is 0 Å². The molecule has 0 aromatic heterocycles. The van der Waals surface area contributed by atoms with Gasteiger partial charge in [-0.3, -0.25) is 9.03 Å². The Morgan fingerprint density at radius 2 is 1.63 bits per heavy atom. The van der Waals surface area contributed by atoms with Crippen molar-refractivity contribution in [3.8, 4) is 5.75 Å². The maximum Gasteiger partial charge on any atom is 0.416 e. The maximum absolute atomic E-state index is 13.2. The van der Waals surface area contributed by atoms with E-state index >= 15 is 0 Å². The summed E-state index contributed by atoms with van der Waals surface area (Å²) in [5.74, 6) is 0.515. The van der Waals surface area contributed by atoms with E-state index in [9.17, 15) is 30.0 Å². The number of sulfonamides is 2. The van der Waals surface area contributed by atoms with Crippen LogP contribution in [0.3, 0.4) is 0 Å². The van der Waals surface area contributed by atoms with Crippen molar-refractivity contribution in [3.05, 3.63) is 77.9 Å². The van der Waals surface area contributed by atoms with Crippen molar-refractivity contribution in [1.29, 1.82) is 0 Å². The lowest BCUT2D eigenvalue weighted by Gasteiger charge is -2.31. The number of anilines is 2. The molecule has 3 aromatic carbocycles. The second kappa shape index (κ2) is 9.08. The van der Waals surface area contributed by atoms with E-state index in [-0.39, 0.29) is 17.1 Å². The van der Waals surface area contributed by atoms with Crippen LogP contribution in [0.1, 0.15) is 17.5 Å². The number of nitrogens with zero attached hydrogens (tertiary/aromatic N) is 1. The SMILES string of the molecule is COc1ccc(S(=O)(=O)N2CCCc3cc(NS(=O)(=O)c4cccc(C(F)(F)F)c4)ccc32)cc1. The monoisotopic (exact) mass is 526 g/mol. The van der Waals surface area contributed by atoms with Crippen molar-refractivity contribution in [2.45, 2.75) is 28.8 Å². The predicted octanol–water partition coefficient (Wildman–Crippen LogP) is 4.66. The van der Waals surface area contributed by atoms with Crippen LogP contribution in [-0.4, -0.2) is 30.5 Å². The molecule has 0 atom stereocenters. The fourth-order valence-electron chi connectivity index (χ4n) is 3.80. The third-order valence-corrected chi connectivity index (χ3v) is 8.73. The van der Waals surface area contributed by atoms with Gasteiger partial charge in [0, 0.05) is 12.2 Å². The fraction of sp³-hybridized carbons (Fsp3) is 0.217. The molecule has 0 saturated carbocycles. The van der Waals surface area contributed by atoms with Crippen molar-refractivity contribution >= 4 is 31.4 Å². The third-order valence-electron chi connectivity index (χ3n) is 5.53. The van der Waals surface area contributed by atoms with E-state index in [1.165, 1.54) is 41.7 Å². The van der Waals surface area contributed by atoms with Gasteiger partial charge in [0.05, 0.1) is 28.2 Å². The number of methoxy groups -OCH3 is 1. The van der Waals surface area contributed by atoms with Gasteiger partial charge in [-0.2, -0.15) is 13.2 Å². The number of nitrogens with one attached hydrogen (secondary N) is 1. The van der Waals surface area contributed by atoms with Gasteiger partial charge < -0.3 is 4.74 Å². The molecular weight excluding hydrogens is 505 g/mol. The normalized spacial score (nSPS) is 14.3. The minimum Gasteiger partial charge on any atom is -0.497 e. The summed E-state index contributed by atoms with van der Waals surface area (Å²) in [7, 11) is -6.71. The Morgan fingerprint density at radius 1 is 0.914 bits per heavy atom. The van der Waals surface area contributed by atoms with Gasteiger partial charge in [-0.15, -0.1) is 0 Å². The van der Waals surface area contributed by atoms with Gasteiger partial charge in [0.1, 0.15) is 5.75 Å². The first kappa shape index (κ1) is 24.9. The number of alkyl halides is 3. The minimum absolute atomic E-state index is 0.0838. The molecule has 12 heteroatoms. The van der Waals surface area contributed by atoms with Crippen LogP contribution in [0.25, 0.3) is 0 Å². The molecule has 0 aliphatic carbocycles. The molecule has 7 nitrogen and oxygen atoms in total. The van der Waals surface area contributed by atoms with Crippen molar-refractivity contribution in [3.63, 3.8) is 0 Å². The van der Waals surface area contributed by atoms with E-state index in [1.807, 2.05) is 0 Å². The average Bonchev–Trinajstić information content (AvgIpc) is 2.83. The van der Waals surface area contributed by atoms with Gasteiger partial charge in [-0.1, -0.05) is 6.07 Å². The van der Waals surface area contributed by atoms with E-state index in [4.69, 9.17) is 4.74 Å². The first-order valence-electron chi connectivity index (χ1n) is 10.4. The Balaban J connectivity index is 1.63. The van der Waals surface area contributed by atoms with Crippen LogP contribution in [0.4, 0.5) is 24.5 Å². The lowest BCUT2D eigenvalue weighted by Crippen LogP contribution is -2.35. The van der Waals surface area contributed by atoms with Gasteiger partial charge in [-0.25, -0.2) is 16.8 Å². The molecule has 4 rings (SSSR count). The van der Waals surface area contributed by atoms with Crippen molar-refractivity contribution in [2.75, 3.05) is 22.7 Å². The molecule has 0 spiro atoms. The van der Waals surface area contributed by atoms with Gasteiger partial charge in [-0.05, 0) is 79.1 Å². The van der Waals surface area contributed by atoms with E-state index in [1.54, 1.807) is 12.1 Å². The average molecular weight is 527 g/mol. The van der Waals surface area contributed by atoms with Crippen LogP contribution in [0.2, 0.25) is 0 Å². The first-order valence-corrected chi connectivity index (χ1v) is 13.3. The number of fused-ring (bicyclic) bond motifs is 1. The molecule has 0 saturated heterocycles. The Bertz CT molecular complexity index is 1460. The smallest absolute Gasteiger partial charge is 0.416 e. The zero-order valence-corrected chi connectivity index (χ0v) is 20.0. The van der Waals surface area contributed by atoms with Crippen LogP contribution >= 0.6 is 0 Å². The molecule has 0 unspecified atom stereocenters. The summed E-state index contributed by atoms with van der Waals surface area (Å²) in [6, 6.07) is 13.8. The summed E-state index contributed by atoms with van der Waals surface area (Å²) in [5.41, 5.74) is 0.0433. The highest BCUT2D eigenvalue weighted by Crippen LogP contribution is 2.35. The summed E-state index contributed by atoms with van der Waals surface area (Å²) in [5, 5.41) is 0. The molecule has 35 heavy (non-hydrogen) atoms. The lowest BCUT2D eigenvalue weighted by molar-refractivity contribution is -0.137. The quantitative estimate of drug-likeness (QED) is 0.505. The molecule has 186 valence electrons. The zero-order valence-electron chi connectivity index (χ0n) is 18.4. The maximum atomic E-state index is 13.2. The molecule has 1 N–H and O–H groups in total. The van der Waals surface area contributed by atoms with Gasteiger partial charge >= 0.3 is 6.18 Å². The van der Waals surface area contributed by atoms with Crippen LogP contribution < -0.4 is 13.8 Å². The highest BCUT2D eigenvalue weighted by atomic mass is 32.2. The number of rotatable bonds is 6. The summed E-state index contributed by atoms with van der Waals surface area (Å²) in [6.45, 7) is 0.247. The lowest BCUT2D eigenvalue weighted by atomic mass is 10.0. The van der Waals surface area contributed by atoms with E-state index in [2.05, 4.69) is 4.72 Å². The van der Waals surface area contributed by atoms with Crippen molar-refractivity contribution < 1.29 is 34.7 Å².